The SMILES string of the molecule is CC(C)(C)NCc1ccc(SC2CCCCC2)cc1Br. The topological polar surface area (TPSA) is 12.0 Å². The molecule has 1 N–H and O–H groups in total. The van der Waals surface area contributed by atoms with Crippen LogP contribution >= 0.6 is 27.7 Å². The molecule has 112 valence electrons. The van der Waals surface area contributed by atoms with Gasteiger partial charge in [-0.15, -0.1) is 11.8 Å². The first-order chi connectivity index (χ1) is 9.44. The lowest BCUT2D eigenvalue weighted by Crippen LogP contribution is -2.35. The van der Waals surface area contributed by atoms with E-state index in [2.05, 4.69) is 72.0 Å². The minimum Gasteiger partial charge on any atom is -0.308 e. The number of thioether (sulfide) groups is 1. The van der Waals surface area contributed by atoms with E-state index < -0.39 is 0 Å². The van der Waals surface area contributed by atoms with Crippen molar-refractivity contribution in [2.24, 2.45) is 0 Å². The van der Waals surface area contributed by atoms with Crippen molar-refractivity contribution in [2.75, 3.05) is 0 Å². The van der Waals surface area contributed by atoms with Crippen LogP contribution in [0.4, 0.5) is 0 Å². The number of nitrogens with one attached hydrogen (secondary N) is 1. The molecular formula is C17H26BrNS. The van der Waals surface area contributed by atoms with Crippen molar-refractivity contribution in [1.82, 2.24) is 5.32 Å². The smallest absolute Gasteiger partial charge is 0.0231 e. The van der Waals surface area contributed by atoms with E-state index in [0.717, 1.165) is 11.8 Å². The fourth-order valence-electron chi connectivity index (χ4n) is 2.48. The van der Waals surface area contributed by atoms with E-state index in [-0.39, 0.29) is 5.54 Å². The molecule has 1 nitrogen and oxygen atoms in total. The van der Waals surface area contributed by atoms with E-state index in [1.807, 2.05) is 0 Å². The molecule has 1 aliphatic rings. The molecule has 0 unspecified atom stereocenters. The summed E-state index contributed by atoms with van der Waals surface area (Å²) in [6.07, 6.45) is 7.02. The Morgan fingerprint density at radius 1 is 1.20 bits per heavy atom. The van der Waals surface area contributed by atoms with Crippen molar-refractivity contribution in [3.8, 4) is 0 Å². The Morgan fingerprint density at radius 2 is 1.90 bits per heavy atom. The highest BCUT2D eigenvalue weighted by Crippen LogP contribution is 2.35. The minimum atomic E-state index is 0.162. The van der Waals surface area contributed by atoms with Crippen LogP contribution in [0.1, 0.15) is 58.4 Å². The predicted octanol–water partition coefficient (Wildman–Crippen LogP) is 5.76. The van der Waals surface area contributed by atoms with Crippen LogP contribution < -0.4 is 5.32 Å². The molecule has 1 aromatic carbocycles. The standard InChI is InChI=1S/C17H26BrNS/c1-17(2,3)19-12-13-9-10-15(11-16(13)18)20-14-7-5-4-6-8-14/h9-11,14,19H,4-8,12H2,1-3H3. The van der Waals surface area contributed by atoms with Gasteiger partial charge in [0.2, 0.25) is 0 Å². The zero-order valence-electron chi connectivity index (χ0n) is 12.8. The largest absolute Gasteiger partial charge is 0.308 e. The van der Waals surface area contributed by atoms with Gasteiger partial charge in [-0.05, 0) is 51.3 Å². The Bertz CT molecular complexity index is 433. The molecular weight excluding hydrogens is 330 g/mol. The van der Waals surface area contributed by atoms with Crippen molar-refractivity contribution < 1.29 is 0 Å². The molecule has 0 atom stereocenters. The van der Waals surface area contributed by atoms with Gasteiger partial charge in [0.25, 0.3) is 0 Å². The average Bonchev–Trinajstić information content (AvgIpc) is 2.38. The normalized spacial score (nSPS) is 17.4. The summed E-state index contributed by atoms with van der Waals surface area (Å²) in [7, 11) is 0. The quantitative estimate of drug-likeness (QED) is 0.736. The number of benzene rings is 1. The predicted molar refractivity (Wildman–Crippen MR) is 93.5 cm³/mol. The highest BCUT2D eigenvalue weighted by atomic mass is 79.9. The van der Waals surface area contributed by atoms with Crippen molar-refractivity contribution in [2.45, 2.75) is 75.1 Å². The Labute approximate surface area is 136 Å². The van der Waals surface area contributed by atoms with E-state index in [4.69, 9.17) is 0 Å². The maximum Gasteiger partial charge on any atom is 0.0231 e. The summed E-state index contributed by atoms with van der Waals surface area (Å²) >= 11 is 5.79. The summed E-state index contributed by atoms with van der Waals surface area (Å²) in [6, 6.07) is 6.83. The summed E-state index contributed by atoms with van der Waals surface area (Å²) in [6.45, 7) is 7.52. The first-order valence-electron chi connectivity index (χ1n) is 7.64. The van der Waals surface area contributed by atoms with Crippen molar-refractivity contribution in [3.63, 3.8) is 0 Å². The van der Waals surface area contributed by atoms with E-state index in [1.54, 1.807) is 0 Å². The van der Waals surface area contributed by atoms with Gasteiger partial charge < -0.3 is 5.32 Å². The number of hydrogen-bond donors (Lipinski definition) is 1. The Kier molecular flexibility index (Phi) is 6.00. The average molecular weight is 356 g/mol. The summed E-state index contributed by atoms with van der Waals surface area (Å²) in [5.41, 5.74) is 1.50. The van der Waals surface area contributed by atoms with Crippen LogP contribution in [0, 0.1) is 0 Å². The lowest BCUT2D eigenvalue weighted by molar-refractivity contribution is 0.424. The van der Waals surface area contributed by atoms with E-state index in [1.165, 1.54) is 47.0 Å². The van der Waals surface area contributed by atoms with E-state index in [9.17, 15) is 0 Å². The monoisotopic (exact) mass is 355 g/mol. The molecule has 1 aromatic rings. The zero-order valence-corrected chi connectivity index (χ0v) is 15.2. The van der Waals surface area contributed by atoms with Crippen molar-refractivity contribution in [1.29, 1.82) is 0 Å². The number of halogens is 1. The van der Waals surface area contributed by atoms with Gasteiger partial charge in [0, 0.05) is 26.7 Å². The molecule has 1 fully saturated rings. The highest BCUT2D eigenvalue weighted by molar-refractivity contribution is 9.10. The maximum absolute atomic E-state index is 3.73. The van der Waals surface area contributed by atoms with Crippen LogP contribution in [0.3, 0.4) is 0 Å². The molecule has 20 heavy (non-hydrogen) atoms. The van der Waals surface area contributed by atoms with Gasteiger partial charge in [0.1, 0.15) is 0 Å². The molecule has 0 amide bonds. The molecule has 1 aliphatic carbocycles. The van der Waals surface area contributed by atoms with Crippen molar-refractivity contribution >= 4 is 27.7 Å². The molecule has 0 aromatic heterocycles. The lowest BCUT2D eigenvalue weighted by Gasteiger charge is -2.22. The second-order valence-corrected chi connectivity index (χ2v) is 8.96. The van der Waals surface area contributed by atoms with Crippen molar-refractivity contribution in [3.05, 3.63) is 28.2 Å². The molecule has 0 heterocycles. The minimum absolute atomic E-state index is 0.162. The van der Waals surface area contributed by atoms with Crippen LogP contribution in [0.15, 0.2) is 27.6 Å². The molecule has 0 aliphatic heterocycles. The first kappa shape index (κ1) is 16.4. The van der Waals surface area contributed by atoms with Gasteiger partial charge in [-0.3, -0.25) is 0 Å². The Balaban J connectivity index is 1.94. The van der Waals surface area contributed by atoms with Crippen LogP contribution in [0.25, 0.3) is 0 Å². The van der Waals surface area contributed by atoms with Crippen LogP contribution in [-0.2, 0) is 6.54 Å². The first-order valence-corrected chi connectivity index (χ1v) is 9.31. The Morgan fingerprint density at radius 3 is 2.50 bits per heavy atom. The van der Waals surface area contributed by atoms with Gasteiger partial charge in [0.05, 0.1) is 0 Å². The lowest BCUT2D eigenvalue weighted by atomic mass is 10.0. The molecule has 0 spiro atoms. The van der Waals surface area contributed by atoms with Gasteiger partial charge >= 0.3 is 0 Å². The molecule has 0 saturated heterocycles. The summed E-state index contributed by atoms with van der Waals surface area (Å²) in [4.78, 5) is 1.41. The molecule has 0 bridgehead atoms. The maximum atomic E-state index is 3.73. The van der Waals surface area contributed by atoms with Gasteiger partial charge in [-0.1, -0.05) is 41.3 Å². The number of rotatable bonds is 4. The molecule has 3 heteroatoms. The summed E-state index contributed by atoms with van der Waals surface area (Å²) in [5, 5.41) is 4.37. The summed E-state index contributed by atoms with van der Waals surface area (Å²) in [5.74, 6) is 0. The number of hydrogen-bond acceptors (Lipinski definition) is 2. The van der Waals surface area contributed by atoms with Crippen LogP contribution in [0.5, 0.6) is 0 Å². The van der Waals surface area contributed by atoms with Crippen LogP contribution in [0.2, 0.25) is 0 Å². The van der Waals surface area contributed by atoms with Gasteiger partial charge in [-0.25, -0.2) is 0 Å². The fraction of sp³-hybridized carbons (Fsp3) is 0.647. The third kappa shape index (κ3) is 5.42. The van der Waals surface area contributed by atoms with Gasteiger partial charge in [0.15, 0.2) is 0 Å². The second-order valence-electron chi connectivity index (χ2n) is 6.73. The molecule has 0 radical (unpaired) electrons. The molecule has 2 rings (SSSR count). The molecule has 1 saturated carbocycles. The zero-order chi connectivity index (χ0) is 14.6. The van der Waals surface area contributed by atoms with Crippen LogP contribution in [-0.4, -0.2) is 10.8 Å². The van der Waals surface area contributed by atoms with E-state index >= 15 is 0 Å². The second kappa shape index (κ2) is 7.33. The Hall–Kier alpha value is 0.01000. The fourth-order valence-corrected chi connectivity index (χ4v) is 4.44. The van der Waals surface area contributed by atoms with E-state index in [0.29, 0.717) is 0 Å². The van der Waals surface area contributed by atoms with Gasteiger partial charge in [-0.2, -0.15) is 0 Å². The third-order valence-corrected chi connectivity index (χ3v) is 5.76. The highest BCUT2D eigenvalue weighted by Gasteiger charge is 2.15. The summed E-state index contributed by atoms with van der Waals surface area (Å²) < 4.78 is 1.23. The third-order valence-electron chi connectivity index (χ3n) is 3.69.